The van der Waals surface area contributed by atoms with Crippen LogP contribution in [0.3, 0.4) is 0 Å². The molecule has 0 bridgehead atoms. The second kappa shape index (κ2) is 10.1. The summed E-state index contributed by atoms with van der Waals surface area (Å²) in [5.74, 6) is 5.59. The molecule has 0 aliphatic heterocycles. The summed E-state index contributed by atoms with van der Waals surface area (Å²) in [5.41, 5.74) is 1.70. The lowest BCUT2D eigenvalue weighted by molar-refractivity contribution is 0.342. The highest BCUT2D eigenvalue weighted by Gasteiger charge is 2.41. The summed E-state index contributed by atoms with van der Waals surface area (Å²) in [4.78, 5) is 0. The number of allylic oxidation sites excluding steroid dienone is 3. The van der Waals surface area contributed by atoms with Crippen molar-refractivity contribution in [2.45, 2.75) is 86.0 Å². The van der Waals surface area contributed by atoms with Crippen LogP contribution >= 0.6 is 0 Å². The van der Waals surface area contributed by atoms with E-state index in [0.717, 1.165) is 18.3 Å². The minimum atomic E-state index is 0.183. The average molecular weight is 329 g/mol. The van der Waals surface area contributed by atoms with Crippen molar-refractivity contribution in [3.05, 3.63) is 24.3 Å². The zero-order valence-electron chi connectivity index (χ0n) is 16.9. The van der Waals surface area contributed by atoms with Crippen LogP contribution in [-0.4, -0.2) is 0 Å². The molecule has 0 heteroatoms. The van der Waals surface area contributed by atoms with Crippen LogP contribution in [0.1, 0.15) is 86.0 Å². The SMILES string of the molecule is C#C[C@@H]1CC[C@@](C)(C=C)[C@H]1/C=C(\C)CCCC(C)CCCC(C)C. The van der Waals surface area contributed by atoms with Gasteiger partial charge in [0.25, 0.3) is 0 Å². The number of hydrogen-bond donors (Lipinski definition) is 0. The second-order valence-electron chi connectivity index (χ2n) is 8.88. The van der Waals surface area contributed by atoms with Gasteiger partial charge in [-0.3, -0.25) is 0 Å². The molecule has 1 aliphatic rings. The van der Waals surface area contributed by atoms with Crippen LogP contribution in [-0.2, 0) is 0 Å². The standard InChI is InChI=1S/C24H40/c1-8-22-16-17-24(7,9-2)23(22)18-21(6)15-11-14-20(5)13-10-12-19(3)4/h1,9,18-20,22-23H,2,10-17H2,3-7H3/b21-18+/t20?,22-,23+,24-/m1/s1. The third-order valence-corrected chi connectivity index (χ3v) is 6.08. The Labute approximate surface area is 152 Å². The predicted octanol–water partition coefficient (Wildman–Crippen LogP) is 7.42. The molecule has 1 saturated carbocycles. The number of hydrogen-bond acceptors (Lipinski definition) is 0. The second-order valence-corrected chi connectivity index (χ2v) is 8.88. The minimum absolute atomic E-state index is 0.183. The van der Waals surface area contributed by atoms with Gasteiger partial charge in [0.05, 0.1) is 0 Å². The van der Waals surface area contributed by atoms with Crippen molar-refractivity contribution in [2.24, 2.45) is 29.1 Å². The molecule has 0 nitrogen and oxygen atoms in total. The monoisotopic (exact) mass is 328 g/mol. The van der Waals surface area contributed by atoms with E-state index >= 15 is 0 Å². The van der Waals surface area contributed by atoms with Crippen LogP contribution in [0.25, 0.3) is 0 Å². The lowest BCUT2D eigenvalue weighted by atomic mass is 9.76. The first kappa shape index (κ1) is 21.1. The topological polar surface area (TPSA) is 0 Å². The van der Waals surface area contributed by atoms with E-state index in [0.29, 0.717) is 11.8 Å². The van der Waals surface area contributed by atoms with Crippen molar-refractivity contribution >= 4 is 0 Å². The summed E-state index contributed by atoms with van der Waals surface area (Å²) < 4.78 is 0. The normalized spacial score (nSPS) is 28.8. The fraction of sp³-hybridized carbons (Fsp3) is 0.750. The summed E-state index contributed by atoms with van der Waals surface area (Å²) in [6.07, 6.45) is 20.7. The number of terminal acetylenes is 1. The van der Waals surface area contributed by atoms with Crippen LogP contribution < -0.4 is 0 Å². The third kappa shape index (κ3) is 6.51. The average Bonchev–Trinajstić information content (AvgIpc) is 2.84. The van der Waals surface area contributed by atoms with E-state index in [1.54, 1.807) is 0 Å². The third-order valence-electron chi connectivity index (χ3n) is 6.08. The molecule has 0 aromatic rings. The summed E-state index contributed by atoms with van der Waals surface area (Å²) >= 11 is 0. The van der Waals surface area contributed by atoms with Gasteiger partial charge in [-0.15, -0.1) is 18.9 Å². The van der Waals surface area contributed by atoms with Crippen molar-refractivity contribution in [1.82, 2.24) is 0 Å². The summed E-state index contributed by atoms with van der Waals surface area (Å²) in [6.45, 7) is 15.7. The molecule has 0 heterocycles. The molecule has 0 spiro atoms. The van der Waals surface area contributed by atoms with Gasteiger partial charge < -0.3 is 0 Å². The van der Waals surface area contributed by atoms with Gasteiger partial charge in [-0.25, -0.2) is 0 Å². The fourth-order valence-corrected chi connectivity index (χ4v) is 4.14. The molecule has 0 radical (unpaired) electrons. The van der Waals surface area contributed by atoms with Crippen molar-refractivity contribution in [1.29, 1.82) is 0 Å². The molecule has 136 valence electrons. The lowest BCUT2D eigenvalue weighted by Crippen LogP contribution is -2.21. The Morgan fingerprint density at radius 1 is 1.25 bits per heavy atom. The molecule has 1 fully saturated rings. The van der Waals surface area contributed by atoms with Gasteiger partial charge in [0.15, 0.2) is 0 Å². The van der Waals surface area contributed by atoms with E-state index in [2.05, 4.69) is 59.3 Å². The summed E-state index contributed by atoms with van der Waals surface area (Å²) in [7, 11) is 0. The largest absolute Gasteiger partial charge is 0.120 e. The minimum Gasteiger partial charge on any atom is -0.120 e. The smallest absolute Gasteiger partial charge is 0.0271 e. The Bertz CT molecular complexity index is 447. The predicted molar refractivity (Wildman–Crippen MR) is 109 cm³/mol. The molecule has 4 atom stereocenters. The van der Waals surface area contributed by atoms with Crippen molar-refractivity contribution in [3.63, 3.8) is 0 Å². The van der Waals surface area contributed by atoms with E-state index < -0.39 is 0 Å². The lowest BCUT2D eigenvalue weighted by Gasteiger charge is -2.28. The molecular weight excluding hydrogens is 288 g/mol. The molecule has 0 amide bonds. The van der Waals surface area contributed by atoms with Gasteiger partial charge in [0, 0.05) is 5.92 Å². The maximum atomic E-state index is 5.77. The Morgan fingerprint density at radius 3 is 2.50 bits per heavy atom. The maximum absolute atomic E-state index is 5.77. The van der Waals surface area contributed by atoms with Crippen LogP contribution in [0.5, 0.6) is 0 Å². The highest BCUT2D eigenvalue weighted by Crippen LogP contribution is 2.48. The fourth-order valence-electron chi connectivity index (χ4n) is 4.14. The molecule has 1 rings (SSSR count). The van der Waals surface area contributed by atoms with Crippen LogP contribution in [0.4, 0.5) is 0 Å². The Balaban J connectivity index is 2.43. The summed E-state index contributed by atoms with van der Waals surface area (Å²) in [5, 5.41) is 0. The Kier molecular flexibility index (Phi) is 8.90. The molecule has 1 aliphatic carbocycles. The van der Waals surface area contributed by atoms with Gasteiger partial charge in [0.2, 0.25) is 0 Å². The van der Waals surface area contributed by atoms with E-state index in [-0.39, 0.29) is 5.41 Å². The Morgan fingerprint density at radius 2 is 1.92 bits per heavy atom. The Hall–Kier alpha value is -0.960. The molecular formula is C24H40. The molecule has 24 heavy (non-hydrogen) atoms. The highest BCUT2D eigenvalue weighted by atomic mass is 14.4. The first-order chi connectivity index (χ1) is 11.3. The molecule has 0 N–H and O–H groups in total. The van der Waals surface area contributed by atoms with Gasteiger partial charge in [0.1, 0.15) is 0 Å². The number of rotatable bonds is 10. The van der Waals surface area contributed by atoms with Crippen LogP contribution in [0.2, 0.25) is 0 Å². The van der Waals surface area contributed by atoms with Crippen molar-refractivity contribution < 1.29 is 0 Å². The van der Waals surface area contributed by atoms with Crippen LogP contribution in [0, 0.1) is 41.4 Å². The van der Waals surface area contributed by atoms with E-state index in [4.69, 9.17) is 6.42 Å². The summed E-state index contributed by atoms with van der Waals surface area (Å²) in [6, 6.07) is 0. The molecule has 0 aromatic carbocycles. The first-order valence-corrected chi connectivity index (χ1v) is 10.1. The molecule has 0 saturated heterocycles. The highest BCUT2D eigenvalue weighted by molar-refractivity contribution is 5.19. The zero-order chi connectivity index (χ0) is 18.2. The van der Waals surface area contributed by atoms with Crippen molar-refractivity contribution in [2.75, 3.05) is 0 Å². The van der Waals surface area contributed by atoms with E-state index in [1.165, 1.54) is 50.5 Å². The van der Waals surface area contributed by atoms with Crippen LogP contribution in [0.15, 0.2) is 24.3 Å². The molecule has 1 unspecified atom stereocenters. The maximum Gasteiger partial charge on any atom is 0.0271 e. The molecule has 0 aromatic heterocycles. The van der Waals surface area contributed by atoms with Gasteiger partial charge in [-0.05, 0) is 55.8 Å². The van der Waals surface area contributed by atoms with E-state index in [9.17, 15) is 0 Å². The van der Waals surface area contributed by atoms with Crippen molar-refractivity contribution in [3.8, 4) is 12.3 Å². The van der Waals surface area contributed by atoms with Gasteiger partial charge >= 0.3 is 0 Å². The zero-order valence-corrected chi connectivity index (χ0v) is 16.9. The van der Waals surface area contributed by atoms with E-state index in [1.807, 2.05) is 0 Å². The van der Waals surface area contributed by atoms with Gasteiger partial charge in [-0.1, -0.05) is 71.1 Å². The van der Waals surface area contributed by atoms with Gasteiger partial charge in [-0.2, -0.15) is 0 Å². The first-order valence-electron chi connectivity index (χ1n) is 10.1. The quantitative estimate of drug-likeness (QED) is 0.289.